The molecule has 3 rings (SSSR count). The van der Waals surface area contributed by atoms with Crippen molar-refractivity contribution in [2.75, 3.05) is 6.61 Å². The van der Waals surface area contributed by atoms with E-state index >= 15 is 0 Å². The second kappa shape index (κ2) is 6.52. The Hall–Kier alpha value is -1.54. The van der Waals surface area contributed by atoms with Gasteiger partial charge in [0.2, 0.25) is 0 Å². The van der Waals surface area contributed by atoms with Crippen LogP contribution in [0.2, 0.25) is 5.02 Å². The number of aromatic nitrogens is 2. The first kappa shape index (κ1) is 16.3. The standard InChI is InChI=1S/C18H21ClN2O2/c1-3-7-18(2,22)11-13-10-16-14(9-15(13)19)12-20-21(16)17-6-4-5-8-23-17/h1,9-10,12,17,22H,4-8,11H2,2H3. The lowest BCUT2D eigenvalue weighted by molar-refractivity contribution is -0.0366. The van der Waals surface area contributed by atoms with Gasteiger partial charge < -0.3 is 9.84 Å². The van der Waals surface area contributed by atoms with Gasteiger partial charge in [0.05, 0.1) is 17.3 Å². The lowest BCUT2D eigenvalue weighted by Gasteiger charge is -2.24. The van der Waals surface area contributed by atoms with E-state index in [9.17, 15) is 5.11 Å². The van der Waals surface area contributed by atoms with Crippen LogP contribution >= 0.6 is 11.6 Å². The number of aliphatic hydroxyl groups is 1. The molecular weight excluding hydrogens is 312 g/mol. The van der Waals surface area contributed by atoms with Gasteiger partial charge in [-0.2, -0.15) is 5.10 Å². The number of hydrogen-bond acceptors (Lipinski definition) is 3. The molecule has 0 bridgehead atoms. The summed E-state index contributed by atoms with van der Waals surface area (Å²) in [7, 11) is 0. The van der Waals surface area contributed by atoms with Crippen LogP contribution in [0.15, 0.2) is 18.3 Å². The molecule has 2 heterocycles. The topological polar surface area (TPSA) is 47.3 Å². The molecule has 0 amide bonds. The summed E-state index contributed by atoms with van der Waals surface area (Å²) in [6.07, 6.45) is 11.0. The monoisotopic (exact) mass is 332 g/mol. The number of fused-ring (bicyclic) bond motifs is 1. The molecule has 2 atom stereocenters. The summed E-state index contributed by atoms with van der Waals surface area (Å²) in [6, 6.07) is 3.89. The predicted molar refractivity (Wildman–Crippen MR) is 91.4 cm³/mol. The summed E-state index contributed by atoms with van der Waals surface area (Å²) in [5.41, 5.74) is 0.878. The molecule has 1 saturated heterocycles. The predicted octanol–water partition coefficient (Wildman–Crippen LogP) is 3.71. The van der Waals surface area contributed by atoms with Gasteiger partial charge in [-0.15, -0.1) is 12.3 Å². The smallest absolute Gasteiger partial charge is 0.150 e. The first-order valence-electron chi connectivity index (χ1n) is 7.93. The summed E-state index contributed by atoms with van der Waals surface area (Å²) in [6.45, 7) is 2.50. The quantitative estimate of drug-likeness (QED) is 0.868. The van der Waals surface area contributed by atoms with E-state index in [2.05, 4.69) is 11.0 Å². The Balaban J connectivity index is 1.96. The second-order valence-electron chi connectivity index (χ2n) is 6.47. The van der Waals surface area contributed by atoms with Crippen LogP contribution in [0, 0.1) is 12.3 Å². The zero-order valence-electron chi connectivity index (χ0n) is 13.3. The van der Waals surface area contributed by atoms with Gasteiger partial charge in [-0.1, -0.05) is 11.6 Å². The van der Waals surface area contributed by atoms with Crippen molar-refractivity contribution in [2.45, 2.75) is 50.9 Å². The van der Waals surface area contributed by atoms with Gasteiger partial charge in [-0.3, -0.25) is 0 Å². The minimum Gasteiger partial charge on any atom is -0.389 e. The van der Waals surface area contributed by atoms with E-state index in [1.807, 2.05) is 23.0 Å². The first-order chi connectivity index (χ1) is 11.0. The zero-order chi connectivity index (χ0) is 16.4. The highest BCUT2D eigenvalue weighted by Gasteiger charge is 2.23. The maximum Gasteiger partial charge on any atom is 0.150 e. The Morgan fingerprint density at radius 2 is 2.35 bits per heavy atom. The van der Waals surface area contributed by atoms with Gasteiger partial charge in [0.25, 0.3) is 0 Å². The molecule has 4 nitrogen and oxygen atoms in total. The van der Waals surface area contributed by atoms with Crippen LogP contribution < -0.4 is 0 Å². The first-order valence-corrected chi connectivity index (χ1v) is 8.31. The van der Waals surface area contributed by atoms with Crippen molar-refractivity contribution >= 4 is 22.5 Å². The fourth-order valence-electron chi connectivity index (χ4n) is 3.08. The van der Waals surface area contributed by atoms with Gasteiger partial charge in [0.15, 0.2) is 6.23 Å². The van der Waals surface area contributed by atoms with E-state index in [1.54, 1.807) is 6.92 Å². The van der Waals surface area contributed by atoms with E-state index in [0.29, 0.717) is 11.4 Å². The third kappa shape index (κ3) is 3.53. The van der Waals surface area contributed by atoms with E-state index in [1.165, 1.54) is 0 Å². The van der Waals surface area contributed by atoms with E-state index < -0.39 is 5.60 Å². The van der Waals surface area contributed by atoms with Crippen LogP contribution in [-0.4, -0.2) is 27.1 Å². The van der Waals surface area contributed by atoms with Gasteiger partial charge >= 0.3 is 0 Å². The van der Waals surface area contributed by atoms with Crippen LogP contribution in [0.5, 0.6) is 0 Å². The van der Waals surface area contributed by atoms with Gasteiger partial charge in [0.1, 0.15) is 0 Å². The SMILES string of the molecule is C#CCC(C)(O)Cc1cc2c(cnn2C2CCCCO2)cc1Cl. The van der Waals surface area contributed by atoms with Crippen LogP contribution in [0.25, 0.3) is 10.9 Å². The van der Waals surface area contributed by atoms with Crippen LogP contribution in [0.1, 0.15) is 44.4 Å². The van der Waals surface area contributed by atoms with Gasteiger partial charge in [0, 0.05) is 29.9 Å². The van der Waals surface area contributed by atoms with Crippen molar-refractivity contribution < 1.29 is 9.84 Å². The lowest BCUT2D eigenvalue weighted by Crippen LogP contribution is -2.26. The number of benzene rings is 1. The summed E-state index contributed by atoms with van der Waals surface area (Å²) >= 11 is 6.37. The lowest BCUT2D eigenvalue weighted by atomic mass is 9.93. The van der Waals surface area contributed by atoms with Crippen LogP contribution in [0.3, 0.4) is 0 Å². The molecule has 0 spiro atoms. The highest BCUT2D eigenvalue weighted by atomic mass is 35.5. The van der Waals surface area contributed by atoms with Crippen molar-refractivity contribution in [3.63, 3.8) is 0 Å². The molecule has 1 aliphatic heterocycles. The van der Waals surface area contributed by atoms with E-state index in [4.69, 9.17) is 22.8 Å². The molecule has 5 heteroatoms. The largest absolute Gasteiger partial charge is 0.389 e. The maximum absolute atomic E-state index is 10.4. The molecular formula is C18H21ClN2O2. The molecule has 2 aromatic rings. The molecule has 2 unspecified atom stereocenters. The zero-order valence-corrected chi connectivity index (χ0v) is 14.0. The average Bonchev–Trinajstić information content (AvgIpc) is 2.91. The third-order valence-corrected chi connectivity index (χ3v) is 4.60. The Morgan fingerprint density at radius 1 is 1.52 bits per heavy atom. The van der Waals surface area contributed by atoms with Crippen molar-refractivity contribution in [3.05, 3.63) is 28.9 Å². The minimum absolute atomic E-state index is 0.0264. The normalized spacial score (nSPS) is 21.0. The molecule has 1 N–H and O–H groups in total. The summed E-state index contributed by atoms with van der Waals surface area (Å²) in [5, 5.41) is 16.5. The van der Waals surface area contributed by atoms with Gasteiger partial charge in [-0.05, 0) is 43.9 Å². The highest BCUT2D eigenvalue weighted by Crippen LogP contribution is 2.31. The fourth-order valence-corrected chi connectivity index (χ4v) is 3.32. The van der Waals surface area contributed by atoms with E-state index in [-0.39, 0.29) is 12.6 Å². The number of nitrogens with zero attached hydrogens (tertiary/aromatic N) is 2. The average molecular weight is 333 g/mol. The van der Waals surface area contributed by atoms with E-state index in [0.717, 1.165) is 42.3 Å². The maximum atomic E-state index is 10.4. The Kier molecular flexibility index (Phi) is 4.63. The third-order valence-electron chi connectivity index (χ3n) is 4.25. The minimum atomic E-state index is -0.974. The second-order valence-corrected chi connectivity index (χ2v) is 6.87. The summed E-state index contributed by atoms with van der Waals surface area (Å²) in [5.74, 6) is 2.51. The van der Waals surface area contributed by atoms with Crippen molar-refractivity contribution in [1.29, 1.82) is 0 Å². The Labute approximate surface area is 141 Å². The van der Waals surface area contributed by atoms with Crippen LogP contribution in [0.4, 0.5) is 0 Å². The molecule has 122 valence electrons. The number of hydrogen-bond donors (Lipinski definition) is 1. The highest BCUT2D eigenvalue weighted by molar-refractivity contribution is 6.32. The molecule has 23 heavy (non-hydrogen) atoms. The number of ether oxygens (including phenoxy) is 1. The van der Waals surface area contributed by atoms with Crippen molar-refractivity contribution in [2.24, 2.45) is 0 Å². The molecule has 1 aromatic carbocycles. The molecule has 0 aliphatic carbocycles. The molecule has 0 radical (unpaired) electrons. The number of halogens is 1. The molecule has 1 aromatic heterocycles. The number of terminal acetylenes is 1. The molecule has 0 saturated carbocycles. The van der Waals surface area contributed by atoms with Crippen molar-refractivity contribution in [1.82, 2.24) is 9.78 Å². The van der Waals surface area contributed by atoms with Crippen molar-refractivity contribution in [3.8, 4) is 12.3 Å². The Bertz CT molecular complexity index is 739. The van der Waals surface area contributed by atoms with Gasteiger partial charge in [-0.25, -0.2) is 4.68 Å². The molecule has 1 aliphatic rings. The number of rotatable bonds is 4. The Morgan fingerprint density at radius 3 is 3.04 bits per heavy atom. The summed E-state index contributed by atoms with van der Waals surface area (Å²) < 4.78 is 7.75. The fraction of sp³-hybridized carbons (Fsp3) is 0.500. The molecule has 1 fully saturated rings. The summed E-state index contributed by atoms with van der Waals surface area (Å²) in [4.78, 5) is 0. The van der Waals surface area contributed by atoms with Crippen LogP contribution in [-0.2, 0) is 11.2 Å².